The molecule has 39 heavy (non-hydrogen) atoms. The number of carbonyl (C=O) groups excluding carboxylic acids is 2. The quantitative estimate of drug-likeness (QED) is 0.309. The van der Waals surface area contributed by atoms with Gasteiger partial charge < -0.3 is 24.0 Å². The first kappa shape index (κ1) is 32.4. The minimum atomic E-state index is -1.37. The van der Waals surface area contributed by atoms with Gasteiger partial charge in [-0.3, -0.25) is 9.11 Å². The maximum Gasteiger partial charge on any atom is 0.410 e. The summed E-state index contributed by atoms with van der Waals surface area (Å²) in [5.74, 6) is 0.350. The lowest BCUT2D eigenvalue weighted by molar-refractivity contribution is -0.00230. The number of piperazine rings is 1. The summed E-state index contributed by atoms with van der Waals surface area (Å²) in [6.45, 7) is 17.4. The lowest BCUT2D eigenvalue weighted by atomic mass is 10.1. The fourth-order valence-electron chi connectivity index (χ4n) is 4.45. The van der Waals surface area contributed by atoms with Crippen LogP contribution in [0.15, 0.2) is 41.5 Å². The zero-order valence-electron chi connectivity index (χ0n) is 24.9. The van der Waals surface area contributed by atoms with Gasteiger partial charge in [0.1, 0.15) is 11.4 Å². The van der Waals surface area contributed by atoms with Crippen molar-refractivity contribution in [1.82, 2.24) is 14.7 Å². The third-order valence-electron chi connectivity index (χ3n) is 6.37. The Hall–Kier alpha value is -2.85. The Bertz CT molecular complexity index is 1100. The second-order valence-corrected chi connectivity index (χ2v) is 12.6. The molecule has 1 aliphatic rings. The van der Waals surface area contributed by atoms with Gasteiger partial charge in [0.2, 0.25) is 0 Å². The normalized spacial score (nSPS) is 18.2. The fraction of sp³-hybridized carbons (Fsp3) is 0.586. The van der Waals surface area contributed by atoms with Gasteiger partial charge in [0.15, 0.2) is 6.10 Å². The molecule has 1 heterocycles. The van der Waals surface area contributed by atoms with Crippen LogP contribution in [0, 0.1) is 6.92 Å². The molecular weight excluding hydrogens is 518 g/mol. The van der Waals surface area contributed by atoms with Crippen LogP contribution < -0.4 is 4.74 Å². The number of amides is 1. The van der Waals surface area contributed by atoms with Crippen molar-refractivity contribution in [3.8, 4) is 5.75 Å². The van der Waals surface area contributed by atoms with E-state index in [2.05, 4.69) is 11.5 Å². The highest BCUT2D eigenvalue weighted by Gasteiger charge is 2.33. The highest BCUT2D eigenvalue weighted by molar-refractivity contribution is 7.85. The third-order valence-corrected chi connectivity index (χ3v) is 7.71. The second kappa shape index (κ2) is 14.0. The first-order valence-corrected chi connectivity index (χ1v) is 14.5. The van der Waals surface area contributed by atoms with E-state index in [1.54, 1.807) is 30.0 Å². The average molecular weight is 564 g/mol. The first-order chi connectivity index (χ1) is 18.2. The summed E-state index contributed by atoms with van der Waals surface area (Å²) in [6, 6.07) is 3.32. The van der Waals surface area contributed by atoms with Gasteiger partial charge in [-0.1, -0.05) is 19.6 Å². The van der Waals surface area contributed by atoms with E-state index >= 15 is 0 Å². The molecule has 9 nitrogen and oxygen atoms in total. The van der Waals surface area contributed by atoms with Gasteiger partial charge in [0, 0.05) is 52.1 Å². The number of hydrogen-bond acceptors (Lipinski definition) is 8. The molecule has 0 radical (unpaired) electrons. The smallest absolute Gasteiger partial charge is 0.410 e. The van der Waals surface area contributed by atoms with Gasteiger partial charge in [-0.15, -0.1) is 0 Å². The van der Waals surface area contributed by atoms with Gasteiger partial charge in [-0.05, 0) is 58.4 Å². The molecule has 1 unspecified atom stereocenters. The minimum Gasteiger partial charge on any atom is -0.482 e. The summed E-state index contributed by atoms with van der Waals surface area (Å²) in [7, 11) is 3.83. The van der Waals surface area contributed by atoms with E-state index in [9.17, 15) is 13.8 Å². The molecule has 1 aromatic rings. The molecule has 10 heteroatoms. The Kier molecular flexibility index (Phi) is 11.6. The Balaban J connectivity index is 2.39. The maximum absolute atomic E-state index is 13.0. The zero-order chi connectivity index (χ0) is 29.5. The number of nitrogens with zero attached hydrogens (tertiary/aromatic N) is 3. The van der Waals surface area contributed by atoms with E-state index in [0.717, 1.165) is 5.70 Å². The molecule has 1 aliphatic heterocycles. The SMILES string of the molecule is C=C/C=C(/[C@@H](CN1CCN(C(=O)OC(C)(C)C)[C@H](C)C1)Oc1cc(C)c(C(=O)OC)cc1S(=O)CC)N(C)C. The molecule has 1 amide bonds. The van der Waals surface area contributed by atoms with Gasteiger partial charge in [-0.25, -0.2) is 9.59 Å². The van der Waals surface area contributed by atoms with Crippen molar-refractivity contribution in [3.63, 3.8) is 0 Å². The molecule has 0 aliphatic carbocycles. The Morgan fingerprint density at radius 1 is 1.26 bits per heavy atom. The van der Waals surface area contributed by atoms with Crippen LogP contribution in [0.3, 0.4) is 0 Å². The number of benzene rings is 1. The number of allylic oxidation sites excluding steroid dienone is 2. The molecule has 0 saturated carbocycles. The number of aryl methyl sites for hydroxylation is 1. The van der Waals surface area contributed by atoms with Crippen molar-refractivity contribution in [2.45, 2.75) is 64.2 Å². The van der Waals surface area contributed by atoms with E-state index in [1.165, 1.54) is 7.11 Å². The van der Waals surface area contributed by atoms with Crippen molar-refractivity contribution >= 4 is 22.9 Å². The highest BCUT2D eigenvalue weighted by atomic mass is 32.2. The summed E-state index contributed by atoms with van der Waals surface area (Å²) in [5, 5.41) is 0. The van der Waals surface area contributed by atoms with Crippen molar-refractivity contribution in [1.29, 1.82) is 0 Å². The van der Waals surface area contributed by atoms with Crippen LogP contribution in [0.4, 0.5) is 4.79 Å². The largest absolute Gasteiger partial charge is 0.482 e. The van der Waals surface area contributed by atoms with Crippen LogP contribution in [0.25, 0.3) is 0 Å². The number of methoxy groups -OCH3 is 1. The highest BCUT2D eigenvalue weighted by Crippen LogP contribution is 2.30. The van der Waals surface area contributed by atoms with E-state index in [4.69, 9.17) is 14.2 Å². The van der Waals surface area contributed by atoms with Gasteiger partial charge in [0.05, 0.1) is 34.1 Å². The molecule has 0 bridgehead atoms. The lowest BCUT2D eigenvalue weighted by Crippen LogP contribution is -2.56. The Morgan fingerprint density at radius 3 is 2.44 bits per heavy atom. The topological polar surface area (TPSA) is 88.6 Å². The van der Waals surface area contributed by atoms with Gasteiger partial charge in [-0.2, -0.15) is 0 Å². The van der Waals surface area contributed by atoms with Gasteiger partial charge in [0.25, 0.3) is 0 Å². The fourth-order valence-corrected chi connectivity index (χ4v) is 5.34. The summed E-state index contributed by atoms with van der Waals surface area (Å²) in [6.07, 6.45) is 2.87. The number of rotatable bonds is 10. The molecule has 1 aromatic carbocycles. The van der Waals surface area contributed by atoms with E-state index in [0.29, 0.717) is 53.7 Å². The molecule has 0 aromatic heterocycles. The molecule has 1 saturated heterocycles. The molecule has 3 atom stereocenters. The predicted molar refractivity (Wildman–Crippen MR) is 155 cm³/mol. The third kappa shape index (κ3) is 8.83. The average Bonchev–Trinajstić information content (AvgIpc) is 2.84. The molecule has 0 spiro atoms. The van der Waals surface area contributed by atoms with Crippen LogP contribution in [0.5, 0.6) is 5.75 Å². The summed E-state index contributed by atoms with van der Waals surface area (Å²) < 4.78 is 30.2. The zero-order valence-corrected chi connectivity index (χ0v) is 25.7. The van der Waals surface area contributed by atoms with Crippen molar-refractivity contribution in [3.05, 3.63) is 47.7 Å². The summed E-state index contributed by atoms with van der Waals surface area (Å²) in [5.41, 5.74) is 1.36. The monoisotopic (exact) mass is 563 g/mol. The molecule has 1 fully saturated rings. The Labute approximate surface area is 236 Å². The van der Waals surface area contributed by atoms with Crippen LogP contribution in [-0.2, 0) is 20.3 Å². The lowest BCUT2D eigenvalue weighted by Gasteiger charge is -2.41. The number of hydrogen-bond donors (Lipinski definition) is 0. The summed E-state index contributed by atoms with van der Waals surface area (Å²) >= 11 is 0. The maximum atomic E-state index is 13.0. The number of carbonyl (C=O) groups is 2. The van der Waals surface area contributed by atoms with Gasteiger partial charge >= 0.3 is 12.1 Å². The van der Waals surface area contributed by atoms with Crippen molar-refractivity contribution < 1.29 is 28.0 Å². The molecule has 2 rings (SSSR count). The van der Waals surface area contributed by atoms with Crippen LogP contribution in [0.1, 0.15) is 50.5 Å². The minimum absolute atomic E-state index is 0.0508. The summed E-state index contributed by atoms with van der Waals surface area (Å²) in [4.78, 5) is 31.5. The molecular formula is C29H45N3O6S. The second-order valence-electron chi connectivity index (χ2n) is 10.9. The number of likely N-dealkylation sites (N-methyl/N-ethyl adjacent to an activating group) is 1. The van der Waals surface area contributed by atoms with E-state index in [1.807, 2.05) is 59.7 Å². The van der Waals surface area contributed by atoms with E-state index < -0.39 is 28.5 Å². The number of ether oxygens (including phenoxy) is 3. The van der Waals surface area contributed by atoms with E-state index in [-0.39, 0.29) is 12.1 Å². The standard InChI is InChI=1S/C29H45N3O6S/c1-11-13-23(30(8)9)25(19-31-14-15-32(21(4)18-31)28(34)38-29(5,6)7)37-24-16-20(3)22(27(33)36-10)17-26(24)39(35)12-2/h11,13,16-17,21,25H,1,12,14-15,18-19H2,2-10H3/b23-13-/t21-,25-,39?/m1/s1. The Morgan fingerprint density at radius 2 is 1.92 bits per heavy atom. The van der Waals surface area contributed by atoms with Crippen molar-refractivity contribution in [2.24, 2.45) is 0 Å². The van der Waals surface area contributed by atoms with Crippen LogP contribution in [0.2, 0.25) is 0 Å². The molecule has 0 N–H and O–H groups in total. The van der Waals surface area contributed by atoms with Crippen LogP contribution >= 0.6 is 0 Å². The number of esters is 1. The van der Waals surface area contributed by atoms with Crippen molar-refractivity contribution in [2.75, 3.05) is 53.1 Å². The first-order valence-electron chi connectivity index (χ1n) is 13.2. The predicted octanol–water partition coefficient (Wildman–Crippen LogP) is 4.23. The molecule has 218 valence electrons. The van der Waals surface area contributed by atoms with Crippen LogP contribution in [-0.4, -0.2) is 102 Å².